The largest absolute Gasteiger partial charge is 0.480 e. The molecule has 8 nitrogen and oxygen atoms in total. The molecule has 2 amide bonds. The Bertz CT molecular complexity index is 1060. The number of carboxylic acid groups (broad SMARTS) is 1. The number of hydrogen-bond donors (Lipinski definition) is 2. The van der Waals surface area contributed by atoms with Crippen LogP contribution < -0.4 is 5.32 Å². The van der Waals surface area contributed by atoms with E-state index in [1.807, 2.05) is 38.1 Å². The molecule has 1 aliphatic rings. The highest BCUT2D eigenvalue weighted by Gasteiger charge is 2.30. The minimum Gasteiger partial charge on any atom is -0.480 e. The summed E-state index contributed by atoms with van der Waals surface area (Å²) < 4.78 is 11.0. The Hall–Kier alpha value is -3.55. The third kappa shape index (κ3) is 7.47. The van der Waals surface area contributed by atoms with E-state index < -0.39 is 29.8 Å². The quantitative estimate of drug-likeness (QED) is 0.392. The molecule has 2 aromatic carbocycles. The van der Waals surface area contributed by atoms with Gasteiger partial charge in [0.2, 0.25) is 0 Å². The van der Waals surface area contributed by atoms with Gasteiger partial charge in [0, 0.05) is 18.5 Å². The predicted molar refractivity (Wildman–Crippen MR) is 142 cm³/mol. The van der Waals surface area contributed by atoms with Crippen LogP contribution in [0.3, 0.4) is 0 Å². The molecule has 0 aromatic heterocycles. The van der Waals surface area contributed by atoms with Crippen LogP contribution in [0.4, 0.5) is 9.59 Å². The van der Waals surface area contributed by atoms with Crippen LogP contribution >= 0.6 is 0 Å². The lowest BCUT2D eigenvalue weighted by Crippen LogP contribution is -2.43. The van der Waals surface area contributed by atoms with Crippen LogP contribution in [0.1, 0.15) is 70.9 Å². The summed E-state index contributed by atoms with van der Waals surface area (Å²) >= 11 is 0. The first-order valence-electron chi connectivity index (χ1n) is 12.8. The van der Waals surface area contributed by atoms with Crippen molar-refractivity contribution < 1.29 is 29.0 Å². The number of nitrogens with one attached hydrogen (secondary N) is 1. The zero-order chi connectivity index (χ0) is 27.2. The van der Waals surface area contributed by atoms with Crippen molar-refractivity contribution in [1.82, 2.24) is 10.2 Å². The normalized spacial score (nSPS) is 13.5. The molecule has 0 bridgehead atoms. The van der Waals surface area contributed by atoms with E-state index in [1.165, 1.54) is 11.1 Å². The number of nitrogens with zero attached hydrogens (tertiary/aromatic N) is 1. The van der Waals surface area contributed by atoms with E-state index in [9.17, 15) is 19.5 Å². The number of amides is 2. The molecule has 0 radical (unpaired) electrons. The van der Waals surface area contributed by atoms with Gasteiger partial charge in [0.25, 0.3) is 0 Å². The molecule has 37 heavy (non-hydrogen) atoms. The van der Waals surface area contributed by atoms with Crippen molar-refractivity contribution >= 4 is 18.2 Å². The van der Waals surface area contributed by atoms with Crippen molar-refractivity contribution in [3.8, 4) is 11.1 Å². The van der Waals surface area contributed by atoms with E-state index in [-0.39, 0.29) is 25.0 Å². The highest BCUT2D eigenvalue weighted by atomic mass is 16.6. The smallest absolute Gasteiger partial charge is 0.410 e. The first kappa shape index (κ1) is 28.0. The van der Waals surface area contributed by atoms with Gasteiger partial charge in [0.15, 0.2) is 0 Å². The number of alkyl carbamates (subject to hydrolysis) is 1. The molecule has 0 unspecified atom stereocenters. The average molecular weight is 511 g/mol. The lowest BCUT2D eigenvalue weighted by atomic mass is 9.98. The molecule has 200 valence electrons. The molecule has 2 N–H and O–H groups in total. The fourth-order valence-corrected chi connectivity index (χ4v) is 4.58. The summed E-state index contributed by atoms with van der Waals surface area (Å²) in [5.41, 5.74) is 3.95. The molecule has 0 spiro atoms. The van der Waals surface area contributed by atoms with E-state index in [1.54, 1.807) is 25.7 Å². The minimum atomic E-state index is -1.12. The standard InChI is InChI=1S/C29H38N2O6/c1-19(2)31(17-11-10-16-25(26(32)33)30-27(34)37-29(3,4)5)28(35)36-18-24-22-14-8-6-12-20(22)21-13-7-9-15-23(21)24/h6-9,12-15,19,24-25H,10-11,16-18H2,1-5H3,(H,30,34)(H,32,33)/t25-/m0/s1. The number of carbonyl (C=O) groups excluding carboxylic acids is 2. The molecule has 1 atom stereocenters. The number of hydrogen-bond acceptors (Lipinski definition) is 5. The molecule has 2 aromatic rings. The molecule has 0 fully saturated rings. The van der Waals surface area contributed by atoms with Crippen LogP contribution in [0.25, 0.3) is 11.1 Å². The Morgan fingerprint density at radius 1 is 0.973 bits per heavy atom. The number of aliphatic carboxylic acids is 1. The van der Waals surface area contributed by atoms with E-state index in [0.717, 1.165) is 11.1 Å². The van der Waals surface area contributed by atoms with Gasteiger partial charge in [-0.25, -0.2) is 14.4 Å². The second-order valence-corrected chi connectivity index (χ2v) is 10.6. The molecule has 0 heterocycles. The summed E-state index contributed by atoms with van der Waals surface area (Å²) in [4.78, 5) is 38.2. The Labute approximate surface area is 219 Å². The van der Waals surface area contributed by atoms with Crippen LogP contribution in [-0.2, 0) is 14.3 Å². The molecule has 0 saturated carbocycles. The third-order valence-corrected chi connectivity index (χ3v) is 6.32. The van der Waals surface area contributed by atoms with Gasteiger partial charge in [-0.15, -0.1) is 0 Å². The Kier molecular flexibility index (Phi) is 9.18. The highest BCUT2D eigenvalue weighted by molar-refractivity contribution is 5.80. The van der Waals surface area contributed by atoms with Crippen molar-refractivity contribution in [3.63, 3.8) is 0 Å². The molecular formula is C29H38N2O6. The lowest BCUT2D eigenvalue weighted by Gasteiger charge is -2.27. The van der Waals surface area contributed by atoms with Gasteiger partial charge in [-0.05, 0) is 76.1 Å². The number of carbonyl (C=O) groups is 3. The maximum Gasteiger partial charge on any atom is 0.410 e. The molecule has 0 saturated heterocycles. The number of rotatable bonds is 10. The van der Waals surface area contributed by atoms with Crippen molar-refractivity contribution in [1.29, 1.82) is 0 Å². The maximum absolute atomic E-state index is 13.0. The Morgan fingerprint density at radius 2 is 1.54 bits per heavy atom. The van der Waals surface area contributed by atoms with Gasteiger partial charge in [0.1, 0.15) is 18.2 Å². The van der Waals surface area contributed by atoms with Gasteiger partial charge in [-0.1, -0.05) is 48.5 Å². The molecule has 8 heteroatoms. The number of fused-ring (bicyclic) bond motifs is 3. The number of ether oxygens (including phenoxy) is 2. The fourth-order valence-electron chi connectivity index (χ4n) is 4.58. The van der Waals surface area contributed by atoms with Crippen LogP contribution in [0.5, 0.6) is 0 Å². The monoisotopic (exact) mass is 510 g/mol. The van der Waals surface area contributed by atoms with E-state index in [4.69, 9.17) is 9.47 Å². The van der Waals surface area contributed by atoms with Gasteiger partial charge >= 0.3 is 18.2 Å². The molecule has 1 aliphatic carbocycles. The number of unbranched alkanes of at least 4 members (excludes halogenated alkanes) is 1. The Morgan fingerprint density at radius 3 is 2.05 bits per heavy atom. The van der Waals surface area contributed by atoms with E-state index in [2.05, 4.69) is 29.6 Å². The summed E-state index contributed by atoms with van der Waals surface area (Å²) in [6.07, 6.45) is 0.154. The first-order valence-corrected chi connectivity index (χ1v) is 12.8. The second kappa shape index (κ2) is 12.1. The van der Waals surface area contributed by atoms with Gasteiger partial charge in [0.05, 0.1) is 0 Å². The molecule has 3 rings (SSSR count). The summed E-state index contributed by atoms with van der Waals surface area (Å²) in [5.74, 6) is -1.14. The first-order chi connectivity index (χ1) is 17.5. The van der Waals surface area contributed by atoms with E-state index >= 15 is 0 Å². The average Bonchev–Trinajstić information content (AvgIpc) is 3.14. The van der Waals surface area contributed by atoms with Crippen LogP contribution in [0.2, 0.25) is 0 Å². The number of benzene rings is 2. The van der Waals surface area contributed by atoms with Gasteiger partial charge in [-0.2, -0.15) is 0 Å². The van der Waals surface area contributed by atoms with Crippen molar-refractivity contribution in [2.45, 2.75) is 77.5 Å². The minimum absolute atomic E-state index is 0.0133. The lowest BCUT2D eigenvalue weighted by molar-refractivity contribution is -0.139. The van der Waals surface area contributed by atoms with Crippen molar-refractivity contribution in [3.05, 3.63) is 59.7 Å². The zero-order valence-corrected chi connectivity index (χ0v) is 22.3. The SMILES string of the molecule is CC(C)N(CCCC[C@H](NC(=O)OC(C)(C)C)C(=O)O)C(=O)OCC1c2ccccc2-c2ccccc21. The van der Waals surface area contributed by atoms with Crippen molar-refractivity contribution in [2.24, 2.45) is 0 Å². The van der Waals surface area contributed by atoms with Gasteiger partial charge < -0.3 is 24.8 Å². The van der Waals surface area contributed by atoms with Gasteiger partial charge in [-0.3, -0.25) is 0 Å². The zero-order valence-electron chi connectivity index (χ0n) is 22.3. The summed E-state index contributed by atoms with van der Waals surface area (Å²) in [6, 6.07) is 15.3. The van der Waals surface area contributed by atoms with Crippen molar-refractivity contribution in [2.75, 3.05) is 13.2 Å². The summed E-state index contributed by atoms with van der Waals surface area (Å²) in [5, 5.41) is 11.9. The maximum atomic E-state index is 13.0. The predicted octanol–water partition coefficient (Wildman–Crippen LogP) is 5.79. The second-order valence-electron chi connectivity index (χ2n) is 10.6. The highest BCUT2D eigenvalue weighted by Crippen LogP contribution is 2.44. The fraction of sp³-hybridized carbons (Fsp3) is 0.483. The van der Waals surface area contributed by atoms with Crippen LogP contribution in [-0.4, -0.2) is 59.0 Å². The topological polar surface area (TPSA) is 105 Å². The summed E-state index contributed by atoms with van der Waals surface area (Å²) in [6.45, 7) is 9.66. The molecule has 0 aliphatic heterocycles. The van der Waals surface area contributed by atoms with Crippen LogP contribution in [0, 0.1) is 0 Å². The van der Waals surface area contributed by atoms with Crippen LogP contribution in [0.15, 0.2) is 48.5 Å². The summed E-state index contributed by atoms with van der Waals surface area (Å²) in [7, 11) is 0. The third-order valence-electron chi connectivity index (χ3n) is 6.32. The Balaban J connectivity index is 1.53. The van der Waals surface area contributed by atoms with E-state index in [0.29, 0.717) is 19.4 Å². The molecular weight excluding hydrogens is 472 g/mol. The number of carboxylic acids is 1.